The summed E-state index contributed by atoms with van der Waals surface area (Å²) in [5.41, 5.74) is 1.33. The Morgan fingerprint density at radius 3 is 2.41 bits per heavy atom. The van der Waals surface area contributed by atoms with Gasteiger partial charge in [-0.1, -0.05) is 13.0 Å². The zero-order valence-electron chi connectivity index (χ0n) is 13.4. The maximum absolute atomic E-state index is 4.47. The fourth-order valence-electron chi connectivity index (χ4n) is 2.45. The highest BCUT2D eigenvalue weighted by atomic mass is 15.2. The van der Waals surface area contributed by atoms with E-state index in [1.54, 1.807) is 12.4 Å². The van der Waals surface area contributed by atoms with Crippen LogP contribution in [0.5, 0.6) is 0 Å². The van der Waals surface area contributed by atoms with Gasteiger partial charge in [0.1, 0.15) is 5.82 Å². The van der Waals surface area contributed by atoms with Gasteiger partial charge < -0.3 is 10.2 Å². The number of rotatable bonds is 4. The number of hydrogen-bond donors (Lipinski definition) is 1. The van der Waals surface area contributed by atoms with Gasteiger partial charge in [-0.15, -0.1) is 0 Å². The summed E-state index contributed by atoms with van der Waals surface area (Å²) < 4.78 is 0. The lowest BCUT2D eigenvalue weighted by atomic mass is 10.1. The third kappa shape index (κ3) is 5.82. The normalized spacial score (nSPS) is 14.1. The van der Waals surface area contributed by atoms with Crippen LogP contribution in [0.15, 0.2) is 48.9 Å². The smallest absolute Gasteiger partial charge is 0.128 e. The van der Waals surface area contributed by atoms with Gasteiger partial charge in [0.05, 0.1) is 0 Å². The minimum Gasteiger partial charge on any atom is -0.357 e. The van der Waals surface area contributed by atoms with E-state index < -0.39 is 0 Å². The average molecular weight is 298 g/mol. The molecule has 0 atom stereocenters. The molecule has 4 nitrogen and oxygen atoms in total. The van der Waals surface area contributed by atoms with Gasteiger partial charge in [0, 0.05) is 38.2 Å². The summed E-state index contributed by atoms with van der Waals surface area (Å²) in [7, 11) is 0. The monoisotopic (exact) mass is 298 g/mol. The van der Waals surface area contributed by atoms with E-state index in [0.717, 1.165) is 32.0 Å². The summed E-state index contributed by atoms with van der Waals surface area (Å²) in [4.78, 5) is 10.7. The molecule has 0 amide bonds. The molecule has 1 aliphatic heterocycles. The maximum atomic E-state index is 4.47. The predicted molar refractivity (Wildman–Crippen MR) is 91.9 cm³/mol. The first-order valence-corrected chi connectivity index (χ1v) is 8.15. The first-order chi connectivity index (χ1) is 10.9. The zero-order chi connectivity index (χ0) is 15.5. The second kappa shape index (κ2) is 9.90. The van der Waals surface area contributed by atoms with Gasteiger partial charge >= 0.3 is 0 Å². The van der Waals surface area contributed by atoms with E-state index in [9.17, 15) is 0 Å². The van der Waals surface area contributed by atoms with Crippen molar-refractivity contribution in [3.05, 3.63) is 54.5 Å². The lowest BCUT2D eigenvalue weighted by Gasteiger charge is -2.27. The molecule has 1 saturated heterocycles. The Morgan fingerprint density at radius 2 is 1.82 bits per heavy atom. The van der Waals surface area contributed by atoms with Crippen molar-refractivity contribution in [3.63, 3.8) is 0 Å². The van der Waals surface area contributed by atoms with E-state index in [0.29, 0.717) is 0 Å². The minimum atomic E-state index is 0.944. The van der Waals surface area contributed by atoms with Gasteiger partial charge in [0.15, 0.2) is 0 Å². The van der Waals surface area contributed by atoms with Crippen LogP contribution >= 0.6 is 0 Å². The van der Waals surface area contributed by atoms with Crippen LogP contribution in [0.3, 0.4) is 0 Å². The first kappa shape index (κ1) is 16.4. The Hall–Kier alpha value is -1.94. The van der Waals surface area contributed by atoms with E-state index in [4.69, 9.17) is 0 Å². The maximum Gasteiger partial charge on any atom is 0.128 e. The van der Waals surface area contributed by atoms with Crippen LogP contribution in [0.1, 0.15) is 31.7 Å². The van der Waals surface area contributed by atoms with E-state index >= 15 is 0 Å². The van der Waals surface area contributed by atoms with Crippen LogP contribution in [0.2, 0.25) is 0 Å². The molecule has 3 heterocycles. The molecule has 118 valence electrons. The standard InChI is InChI=1S/C13H21N3.C5H5N/c1-2-14-11-12-6-7-15-13(10-12)16-8-4-3-5-9-16;1-2-4-6-5-3-1/h6-7,10,14H,2-5,8-9,11H2,1H3;1-5H. The molecule has 0 aliphatic carbocycles. The molecule has 1 N–H and O–H groups in total. The van der Waals surface area contributed by atoms with Crippen LogP contribution < -0.4 is 10.2 Å². The van der Waals surface area contributed by atoms with Gasteiger partial charge in [0.2, 0.25) is 0 Å². The number of piperidine rings is 1. The number of nitrogens with one attached hydrogen (secondary N) is 1. The molecule has 0 spiro atoms. The van der Waals surface area contributed by atoms with Crippen molar-refractivity contribution in [2.75, 3.05) is 24.5 Å². The summed E-state index contributed by atoms with van der Waals surface area (Å²) in [5.74, 6) is 1.15. The average Bonchev–Trinajstić information content (AvgIpc) is 2.63. The Morgan fingerprint density at radius 1 is 1.05 bits per heavy atom. The van der Waals surface area contributed by atoms with Crippen LogP contribution in [-0.2, 0) is 6.54 Å². The van der Waals surface area contributed by atoms with Crippen LogP contribution in [0, 0.1) is 0 Å². The Bertz CT molecular complexity index is 483. The molecule has 0 radical (unpaired) electrons. The second-order valence-electron chi connectivity index (χ2n) is 5.37. The second-order valence-corrected chi connectivity index (χ2v) is 5.37. The molecule has 1 aliphatic rings. The van der Waals surface area contributed by atoms with Crippen molar-refractivity contribution in [3.8, 4) is 0 Å². The molecule has 0 bridgehead atoms. The molecule has 2 aromatic rings. The van der Waals surface area contributed by atoms with Crippen molar-refractivity contribution in [2.24, 2.45) is 0 Å². The summed E-state index contributed by atoms with van der Waals surface area (Å²) in [6, 6.07) is 10.0. The number of aromatic nitrogens is 2. The van der Waals surface area contributed by atoms with Gasteiger partial charge in [-0.25, -0.2) is 4.98 Å². The van der Waals surface area contributed by atoms with Crippen molar-refractivity contribution in [1.82, 2.24) is 15.3 Å². The van der Waals surface area contributed by atoms with E-state index in [1.165, 1.54) is 24.8 Å². The Kier molecular flexibility index (Phi) is 7.39. The Labute approximate surface area is 133 Å². The van der Waals surface area contributed by atoms with Crippen molar-refractivity contribution in [1.29, 1.82) is 0 Å². The third-order valence-electron chi connectivity index (χ3n) is 3.64. The molecule has 22 heavy (non-hydrogen) atoms. The van der Waals surface area contributed by atoms with Gasteiger partial charge in [-0.05, 0) is 55.6 Å². The quantitative estimate of drug-likeness (QED) is 0.940. The number of nitrogens with zero attached hydrogens (tertiary/aromatic N) is 3. The molecule has 0 aromatic carbocycles. The SMILES string of the molecule is CCNCc1ccnc(N2CCCCC2)c1.c1ccncc1. The highest BCUT2D eigenvalue weighted by Crippen LogP contribution is 2.18. The van der Waals surface area contributed by atoms with Crippen molar-refractivity contribution < 1.29 is 0 Å². The summed E-state index contributed by atoms with van der Waals surface area (Å²) in [6.45, 7) is 6.42. The highest BCUT2D eigenvalue weighted by Gasteiger charge is 2.11. The zero-order valence-corrected chi connectivity index (χ0v) is 13.4. The fourth-order valence-corrected chi connectivity index (χ4v) is 2.45. The highest BCUT2D eigenvalue weighted by molar-refractivity contribution is 5.41. The molecule has 2 aromatic heterocycles. The van der Waals surface area contributed by atoms with Crippen LogP contribution in [0.4, 0.5) is 5.82 Å². The molecular formula is C18H26N4. The van der Waals surface area contributed by atoms with E-state index in [1.807, 2.05) is 24.4 Å². The summed E-state index contributed by atoms with van der Waals surface area (Å²) >= 11 is 0. The lowest BCUT2D eigenvalue weighted by Crippen LogP contribution is -2.30. The number of anilines is 1. The lowest BCUT2D eigenvalue weighted by molar-refractivity contribution is 0.573. The van der Waals surface area contributed by atoms with E-state index in [-0.39, 0.29) is 0 Å². The molecule has 4 heteroatoms. The fraction of sp³-hybridized carbons (Fsp3) is 0.444. The topological polar surface area (TPSA) is 41.1 Å². The predicted octanol–water partition coefficient (Wildman–Crippen LogP) is 3.26. The van der Waals surface area contributed by atoms with Gasteiger partial charge in [-0.3, -0.25) is 4.98 Å². The Balaban J connectivity index is 0.000000246. The minimum absolute atomic E-state index is 0.944. The third-order valence-corrected chi connectivity index (χ3v) is 3.64. The molecule has 1 fully saturated rings. The van der Waals surface area contributed by atoms with Crippen LogP contribution in [0.25, 0.3) is 0 Å². The van der Waals surface area contributed by atoms with Crippen molar-refractivity contribution >= 4 is 5.82 Å². The van der Waals surface area contributed by atoms with Gasteiger partial charge in [0.25, 0.3) is 0 Å². The van der Waals surface area contributed by atoms with Gasteiger partial charge in [-0.2, -0.15) is 0 Å². The molecule has 3 rings (SSSR count). The number of hydrogen-bond acceptors (Lipinski definition) is 4. The molecule has 0 unspecified atom stereocenters. The first-order valence-electron chi connectivity index (χ1n) is 8.15. The van der Waals surface area contributed by atoms with Crippen LogP contribution in [-0.4, -0.2) is 29.6 Å². The summed E-state index contributed by atoms with van der Waals surface area (Å²) in [6.07, 6.45) is 9.41. The molecule has 0 saturated carbocycles. The molecular weight excluding hydrogens is 272 g/mol. The largest absolute Gasteiger partial charge is 0.357 e. The van der Waals surface area contributed by atoms with E-state index in [2.05, 4.69) is 39.2 Å². The number of pyridine rings is 2. The van der Waals surface area contributed by atoms with Crippen molar-refractivity contribution in [2.45, 2.75) is 32.7 Å². The summed E-state index contributed by atoms with van der Waals surface area (Å²) in [5, 5.41) is 3.35.